The molecular formula is C22H24FNO2. The summed E-state index contributed by atoms with van der Waals surface area (Å²) in [4.78, 5) is 4.39. The summed E-state index contributed by atoms with van der Waals surface area (Å²) >= 11 is 0. The predicted octanol–water partition coefficient (Wildman–Crippen LogP) is 4.81. The van der Waals surface area contributed by atoms with Crippen molar-refractivity contribution in [1.29, 1.82) is 0 Å². The van der Waals surface area contributed by atoms with Crippen molar-refractivity contribution in [3.8, 4) is 23.1 Å². The third kappa shape index (κ3) is 5.39. The average molecular weight is 353 g/mol. The maximum Gasteiger partial charge on any atom is 0.222 e. The molecule has 3 nitrogen and oxygen atoms in total. The van der Waals surface area contributed by atoms with Gasteiger partial charge in [-0.25, -0.2) is 4.39 Å². The molecule has 1 saturated heterocycles. The predicted molar refractivity (Wildman–Crippen MR) is 99.8 cm³/mol. The Balaban J connectivity index is 1.52. The highest BCUT2D eigenvalue weighted by molar-refractivity contribution is 5.59. The second-order valence-electron chi connectivity index (χ2n) is 6.57. The van der Waals surface area contributed by atoms with Gasteiger partial charge in [0.15, 0.2) is 0 Å². The number of halogens is 1. The second-order valence-corrected chi connectivity index (χ2v) is 6.57. The normalized spacial score (nSPS) is 19.6. The van der Waals surface area contributed by atoms with E-state index >= 15 is 0 Å². The smallest absolute Gasteiger partial charge is 0.222 e. The van der Waals surface area contributed by atoms with E-state index in [0.29, 0.717) is 19.1 Å². The average Bonchev–Trinajstić information content (AvgIpc) is 2.69. The molecule has 1 aliphatic heterocycles. The fourth-order valence-corrected chi connectivity index (χ4v) is 2.88. The number of hydrogen-bond donors (Lipinski definition) is 0. The highest BCUT2D eigenvalue weighted by Crippen LogP contribution is 2.18. The van der Waals surface area contributed by atoms with Gasteiger partial charge in [0.1, 0.15) is 5.82 Å². The highest BCUT2D eigenvalue weighted by atomic mass is 19.1. The van der Waals surface area contributed by atoms with Crippen molar-refractivity contribution in [1.82, 2.24) is 4.98 Å². The first-order valence-electron chi connectivity index (χ1n) is 9.21. The van der Waals surface area contributed by atoms with Crippen molar-refractivity contribution in [3.05, 3.63) is 54.0 Å². The van der Waals surface area contributed by atoms with Crippen LogP contribution in [0, 0.1) is 23.6 Å². The molecule has 0 aliphatic carbocycles. The second kappa shape index (κ2) is 9.47. The topological polar surface area (TPSA) is 31.4 Å². The van der Waals surface area contributed by atoms with E-state index in [-0.39, 0.29) is 5.82 Å². The zero-order chi connectivity index (χ0) is 18.2. The molecule has 136 valence electrons. The fourth-order valence-electron chi connectivity index (χ4n) is 2.88. The molecule has 0 atom stereocenters. The first-order chi connectivity index (χ1) is 12.7. The zero-order valence-electron chi connectivity index (χ0n) is 15.1. The van der Waals surface area contributed by atoms with E-state index in [4.69, 9.17) is 9.47 Å². The third-order valence-corrected chi connectivity index (χ3v) is 4.42. The summed E-state index contributed by atoms with van der Waals surface area (Å²) in [5.41, 5.74) is 2.46. The van der Waals surface area contributed by atoms with Crippen LogP contribution in [0.1, 0.15) is 38.2 Å². The van der Waals surface area contributed by atoms with Crippen LogP contribution in [0.25, 0.3) is 11.3 Å². The minimum absolute atomic E-state index is 0.253. The number of rotatable bonds is 5. The number of hydrogen-bond acceptors (Lipinski definition) is 3. The van der Waals surface area contributed by atoms with Crippen LogP contribution >= 0.6 is 0 Å². The summed E-state index contributed by atoms with van der Waals surface area (Å²) in [5, 5.41) is 0. The van der Waals surface area contributed by atoms with Crippen molar-refractivity contribution in [2.75, 3.05) is 13.2 Å². The van der Waals surface area contributed by atoms with Gasteiger partial charge in [0, 0.05) is 23.2 Å². The van der Waals surface area contributed by atoms with Gasteiger partial charge >= 0.3 is 0 Å². The molecule has 0 unspecified atom stereocenters. The molecule has 0 amide bonds. The Labute approximate surface area is 154 Å². The Morgan fingerprint density at radius 1 is 1.08 bits per heavy atom. The number of nitrogens with zero attached hydrogens (tertiary/aromatic N) is 1. The third-order valence-electron chi connectivity index (χ3n) is 4.42. The summed E-state index contributed by atoms with van der Waals surface area (Å²) in [6.45, 7) is 3.64. The van der Waals surface area contributed by atoms with Gasteiger partial charge in [0.2, 0.25) is 6.29 Å². The molecule has 1 aliphatic rings. The fraction of sp³-hybridized carbons (Fsp3) is 0.409. The monoisotopic (exact) mass is 353 g/mol. The van der Waals surface area contributed by atoms with Crippen LogP contribution in [-0.2, 0) is 9.47 Å². The maximum atomic E-state index is 13.0. The van der Waals surface area contributed by atoms with E-state index in [1.54, 1.807) is 18.3 Å². The molecule has 1 fully saturated rings. The van der Waals surface area contributed by atoms with Crippen LogP contribution in [0.3, 0.4) is 0 Å². The number of aromatic nitrogens is 1. The van der Waals surface area contributed by atoms with Gasteiger partial charge in [0.05, 0.1) is 18.9 Å². The molecule has 2 aromatic rings. The number of ether oxygens (including phenoxy) is 2. The van der Waals surface area contributed by atoms with E-state index in [2.05, 4.69) is 23.7 Å². The molecular weight excluding hydrogens is 329 g/mol. The highest BCUT2D eigenvalue weighted by Gasteiger charge is 2.20. The largest absolute Gasteiger partial charge is 0.342 e. The van der Waals surface area contributed by atoms with E-state index < -0.39 is 6.29 Å². The molecule has 1 aromatic heterocycles. The first-order valence-corrected chi connectivity index (χ1v) is 9.21. The molecule has 26 heavy (non-hydrogen) atoms. The lowest BCUT2D eigenvalue weighted by Gasteiger charge is -2.26. The summed E-state index contributed by atoms with van der Waals surface area (Å²) in [6.07, 6.45) is 6.13. The lowest BCUT2D eigenvalue weighted by atomic mass is 10.0. The van der Waals surface area contributed by atoms with Gasteiger partial charge in [0.25, 0.3) is 0 Å². The van der Waals surface area contributed by atoms with Gasteiger partial charge in [-0.3, -0.25) is 4.98 Å². The van der Waals surface area contributed by atoms with E-state index in [9.17, 15) is 4.39 Å². The molecule has 3 rings (SSSR count). The maximum absolute atomic E-state index is 13.0. The quantitative estimate of drug-likeness (QED) is 0.571. The van der Waals surface area contributed by atoms with Crippen molar-refractivity contribution >= 4 is 0 Å². The van der Waals surface area contributed by atoms with Crippen LogP contribution in [-0.4, -0.2) is 24.5 Å². The number of pyridine rings is 1. The van der Waals surface area contributed by atoms with E-state index in [1.807, 2.05) is 12.1 Å². The number of unbranched alkanes of at least 4 members (excludes halogenated alkanes) is 2. The van der Waals surface area contributed by atoms with Crippen molar-refractivity contribution in [2.24, 2.45) is 5.92 Å². The van der Waals surface area contributed by atoms with Crippen LogP contribution in [0.15, 0.2) is 42.6 Å². The Hall–Kier alpha value is -2.22. The van der Waals surface area contributed by atoms with Crippen molar-refractivity contribution in [3.63, 3.8) is 0 Å². The summed E-state index contributed by atoms with van der Waals surface area (Å²) in [6, 6.07) is 10.1. The van der Waals surface area contributed by atoms with Gasteiger partial charge in [-0.15, -0.1) is 0 Å². The molecule has 0 radical (unpaired) electrons. The van der Waals surface area contributed by atoms with E-state index in [1.165, 1.54) is 31.4 Å². The minimum atomic E-state index is -0.464. The first kappa shape index (κ1) is 18.6. The van der Waals surface area contributed by atoms with Gasteiger partial charge in [-0.1, -0.05) is 32.1 Å². The lowest BCUT2D eigenvalue weighted by molar-refractivity contribution is -0.170. The molecule has 0 spiro atoms. The summed E-state index contributed by atoms with van der Waals surface area (Å²) < 4.78 is 24.4. The summed E-state index contributed by atoms with van der Waals surface area (Å²) in [5.74, 6) is 6.28. The van der Waals surface area contributed by atoms with Crippen molar-refractivity contribution < 1.29 is 13.9 Å². The number of benzene rings is 1. The molecule has 0 N–H and O–H groups in total. The Kier molecular flexibility index (Phi) is 6.76. The molecule has 2 heterocycles. The van der Waals surface area contributed by atoms with Crippen LogP contribution < -0.4 is 0 Å². The zero-order valence-corrected chi connectivity index (χ0v) is 15.1. The van der Waals surface area contributed by atoms with Crippen molar-refractivity contribution in [2.45, 2.75) is 38.9 Å². The molecule has 1 aromatic carbocycles. The van der Waals surface area contributed by atoms with E-state index in [0.717, 1.165) is 23.2 Å². The molecule has 0 bridgehead atoms. The van der Waals surface area contributed by atoms with Gasteiger partial charge in [-0.05, 0) is 48.7 Å². The van der Waals surface area contributed by atoms with Crippen LogP contribution in [0.4, 0.5) is 4.39 Å². The molecule has 0 saturated carbocycles. The summed E-state index contributed by atoms with van der Waals surface area (Å²) in [7, 11) is 0. The molecule has 4 heteroatoms. The standard InChI is InChI=1S/C22H24FNO2/c1-2-3-4-5-18-15-25-22(26-16-18)13-7-17-6-12-21(24-14-17)19-8-10-20(23)11-9-19/h6,8-12,14,18,22H,2-5,15-16H2,1H3. The van der Waals surface area contributed by atoms with Crippen LogP contribution in [0.5, 0.6) is 0 Å². The Morgan fingerprint density at radius 2 is 1.85 bits per heavy atom. The Bertz CT molecular complexity index is 738. The van der Waals surface area contributed by atoms with Crippen LogP contribution in [0.2, 0.25) is 0 Å². The van der Waals surface area contributed by atoms with Gasteiger partial charge in [-0.2, -0.15) is 0 Å². The minimum Gasteiger partial charge on any atom is -0.342 e. The Morgan fingerprint density at radius 3 is 2.50 bits per heavy atom. The SMILES string of the molecule is CCCCCC1COC(C#Cc2ccc(-c3ccc(F)cc3)nc2)OC1. The van der Waals surface area contributed by atoms with Gasteiger partial charge < -0.3 is 9.47 Å². The lowest BCUT2D eigenvalue weighted by Crippen LogP contribution is -2.31.